The second-order valence-corrected chi connectivity index (χ2v) is 8.46. The SMILES string of the molecule is CC1CN1P(=S)(Oc1ccccc1)N1CC1C. The summed E-state index contributed by atoms with van der Waals surface area (Å²) in [5.41, 5.74) is 0. The van der Waals surface area contributed by atoms with E-state index in [0.29, 0.717) is 12.1 Å². The van der Waals surface area contributed by atoms with Gasteiger partial charge in [0.1, 0.15) is 5.75 Å². The van der Waals surface area contributed by atoms with E-state index in [-0.39, 0.29) is 0 Å². The lowest BCUT2D eigenvalue weighted by Crippen LogP contribution is -2.12. The Morgan fingerprint density at radius 3 is 2.00 bits per heavy atom. The Balaban J connectivity index is 1.83. The molecule has 0 aromatic heterocycles. The molecule has 0 radical (unpaired) electrons. The lowest BCUT2D eigenvalue weighted by molar-refractivity contribution is 0.515. The highest BCUT2D eigenvalue weighted by Crippen LogP contribution is 2.64. The van der Waals surface area contributed by atoms with Crippen LogP contribution in [0.4, 0.5) is 0 Å². The Bertz CT molecular complexity index is 447. The van der Waals surface area contributed by atoms with Gasteiger partial charge in [-0.25, -0.2) is 9.34 Å². The molecule has 17 heavy (non-hydrogen) atoms. The van der Waals surface area contributed by atoms with Crippen molar-refractivity contribution in [2.75, 3.05) is 13.1 Å². The lowest BCUT2D eigenvalue weighted by Gasteiger charge is -2.26. The molecule has 0 N–H and O–H groups in total. The maximum Gasteiger partial charge on any atom is 0.253 e. The van der Waals surface area contributed by atoms with Crippen LogP contribution >= 0.6 is 6.57 Å². The third kappa shape index (κ3) is 2.15. The molecule has 2 saturated heterocycles. The zero-order valence-corrected chi connectivity index (χ0v) is 11.8. The molecule has 4 atom stereocenters. The van der Waals surface area contributed by atoms with E-state index in [1.165, 1.54) is 0 Å². The molecule has 0 bridgehead atoms. The molecular weight excluding hydrogens is 251 g/mol. The predicted molar refractivity (Wildman–Crippen MR) is 73.7 cm³/mol. The molecule has 92 valence electrons. The van der Waals surface area contributed by atoms with Gasteiger partial charge in [0.25, 0.3) is 6.57 Å². The molecular formula is C12H17N2OPS. The highest BCUT2D eigenvalue weighted by Gasteiger charge is 2.53. The fourth-order valence-electron chi connectivity index (χ4n) is 2.02. The molecule has 1 aromatic rings. The number of para-hydroxylation sites is 1. The van der Waals surface area contributed by atoms with Crippen molar-refractivity contribution in [2.45, 2.75) is 25.9 Å². The second kappa shape index (κ2) is 4.06. The minimum atomic E-state index is -1.98. The summed E-state index contributed by atoms with van der Waals surface area (Å²) in [6.45, 7) is 4.60. The van der Waals surface area contributed by atoms with Gasteiger partial charge < -0.3 is 4.52 Å². The molecule has 3 nitrogen and oxygen atoms in total. The topological polar surface area (TPSA) is 15.2 Å². The van der Waals surface area contributed by atoms with Gasteiger partial charge in [-0.05, 0) is 37.8 Å². The van der Waals surface area contributed by atoms with Crippen molar-refractivity contribution in [3.63, 3.8) is 0 Å². The van der Waals surface area contributed by atoms with Crippen LogP contribution in [0, 0.1) is 0 Å². The van der Waals surface area contributed by atoms with Crippen LogP contribution in [0.25, 0.3) is 0 Å². The second-order valence-electron chi connectivity index (χ2n) is 4.84. The minimum Gasteiger partial charge on any atom is -0.441 e. The van der Waals surface area contributed by atoms with Crippen LogP contribution in [-0.2, 0) is 11.8 Å². The first-order valence-electron chi connectivity index (χ1n) is 6.00. The molecule has 2 aliphatic heterocycles. The van der Waals surface area contributed by atoms with Crippen LogP contribution in [0.5, 0.6) is 5.75 Å². The van der Waals surface area contributed by atoms with Crippen molar-refractivity contribution in [2.24, 2.45) is 0 Å². The Labute approximate surface area is 108 Å². The van der Waals surface area contributed by atoms with Crippen LogP contribution in [0.15, 0.2) is 30.3 Å². The predicted octanol–water partition coefficient (Wildman–Crippen LogP) is 2.70. The molecule has 0 amide bonds. The van der Waals surface area contributed by atoms with Gasteiger partial charge in [-0.2, -0.15) is 0 Å². The summed E-state index contributed by atoms with van der Waals surface area (Å²) < 4.78 is 10.8. The normalized spacial score (nSPS) is 38.2. The number of rotatable bonds is 4. The molecule has 0 spiro atoms. The van der Waals surface area contributed by atoms with E-state index in [1.54, 1.807) is 0 Å². The summed E-state index contributed by atoms with van der Waals surface area (Å²) in [4.78, 5) is 0. The highest BCUT2D eigenvalue weighted by atomic mass is 32.5. The molecule has 3 rings (SSSR count). The number of benzene rings is 1. The van der Waals surface area contributed by atoms with E-state index in [4.69, 9.17) is 16.3 Å². The minimum absolute atomic E-state index is 0.581. The van der Waals surface area contributed by atoms with E-state index in [9.17, 15) is 0 Å². The van der Waals surface area contributed by atoms with Crippen molar-refractivity contribution in [1.82, 2.24) is 9.34 Å². The lowest BCUT2D eigenvalue weighted by atomic mass is 10.3. The van der Waals surface area contributed by atoms with Crippen molar-refractivity contribution < 1.29 is 4.52 Å². The number of nitrogens with zero attached hydrogens (tertiary/aromatic N) is 2. The van der Waals surface area contributed by atoms with Crippen LogP contribution < -0.4 is 4.52 Å². The van der Waals surface area contributed by atoms with E-state index in [2.05, 4.69) is 23.2 Å². The first-order chi connectivity index (χ1) is 8.11. The summed E-state index contributed by atoms with van der Waals surface area (Å²) in [5, 5.41) is 0. The van der Waals surface area contributed by atoms with Gasteiger partial charge in [0.2, 0.25) is 0 Å². The molecule has 2 heterocycles. The average Bonchev–Trinajstić information content (AvgIpc) is 3.19. The molecule has 2 aliphatic rings. The molecule has 2 fully saturated rings. The smallest absolute Gasteiger partial charge is 0.253 e. The summed E-state index contributed by atoms with van der Waals surface area (Å²) in [5.74, 6) is 0.897. The molecule has 5 heteroatoms. The summed E-state index contributed by atoms with van der Waals surface area (Å²) in [6, 6.07) is 11.1. The Kier molecular flexibility index (Phi) is 2.79. The molecule has 4 unspecified atom stereocenters. The largest absolute Gasteiger partial charge is 0.441 e. The third-order valence-electron chi connectivity index (χ3n) is 3.27. The maximum atomic E-state index is 6.17. The van der Waals surface area contributed by atoms with Gasteiger partial charge in [0.05, 0.1) is 0 Å². The van der Waals surface area contributed by atoms with Crippen LogP contribution in [-0.4, -0.2) is 34.5 Å². The van der Waals surface area contributed by atoms with Crippen molar-refractivity contribution >= 4 is 18.4 Å². The van der Waals surface area contributed by atoms with Crippen LogP contribution in [0.2, 0.25) is 0 Å². The summed E-state index contributed by atoms with van der Waals surface area (Å²) in [7, 11) is 0. The number of hydrogen-bond acceptors (Lipinski definition) is 2. The zero-order chi connectivity index (χ0) is 12.0. The Morgan fingerprint density at radius 2 is 1.59 bits per heavy atom. The fourth-order valence-corrected chi connectivity index (χ4v) is 6.43. The maximum absolute atomic E-state index is 6.17. The van der Waals surface area contributed by atoms with Gasteiger partial charge in [0.15, 0.2) is 0 Å². The summed E-state index contributed by atoms with van der Waals surface area (Å²) >= 11 is 5.85. The van der Waals surface area contributed by atoms with Crippen molar-refractivity contribution in [3.8, 4) is 5.75 Å². The van der Waals surface area contributed by atoms with E-state index in [1.807, 2.05) is 30.3 Å². The zero-order valence-electron chi connectivity index (χ0n) is 10.1. The van der Waals surface area contributed by atoms with Gasteiger partial charge in [0, 0.05) is 25.2 Å². The average molecular weight is 268 g/mol. The molecule has 0 saturated carbocycles. The monoisotopic (exact) mass is 268 g/mol. The number of hydrogen-bond donors (Lipinski definition) is 0. The van der Waals surface area contributed by atoms with Crippen LogP contribution in [0.1, 0.15) is 13.8 Å². The van der Waals surface area contributed by atoms with Crippen LogP contribution in [0.3, 0.4) is 0 Å². The first kappa shape index (κ1) is 11.7. The van der Waals surface area contributed by atoms with Gasteiger partial charge in [-0.3, -0.25) is 0 Å². The molecule has 0 aliphatic carbocycles. The third-order valence-corrected chi connectivity index (χ3v) is 7.61. The van der Waals surface area contributed by atoms with E-state index >= 15 is 0 Å². The highest BCUT2D eigenvalue weighted by molar-refractivity contribution is 8.10. The van der Waals surface area contributed by atoms with Gasteiger partial charge in [-0.15, -0.1) is 0 Å². The van der Waals surface area contributed by atoms with Crippen molar-refractivity contribution in [3.05, 3.63) is 30.3 Å². The quantitative estimate of drug-likeness (QED) is 0.616. The summed E-state index contributed by atoms with van der Waals surface area (Å²) in [6.07, 6.45) is 0. The Morgan fingerprint density at radius 1 is 1.12 bits per heavy atom. The molecule has 1 aromatic carbocycles. The van der Waals surface area contributed by atoms with Gasteiger partial charge >= 0.3 is 0 Å². The van der Waals surface area contributed by atoms with E-state index < -0.39 is 6.57 Å². The fraction of sp³-hybridized carbons (Fsp3) is 0.500. The van der Waals surface area contributed by atoms with E-state index in [0.717, 1.165) is 18.8 Å². The Hall–Kier alpha value is -0.410. The van der Waals surface area contributed by atoms with Crippen molar-refractivity contribution in [1.29, 1.82) is 0 Å². The standard InChI is InChI=1S/C12H17N2OPS/c1-10-8-13(10)16(17,14-9-11(14)2)15-12-6-4-3-5-7-12/h3-7,10-11H,8-9H2,1-2H3. The van der Waals surface area contributed by atoms with Gasteiger partial charge in [-0.1, -0.05) is 18.2 Å². The first-order valence-corrected chi connectivity index (χ1v) is 8.63.